The molecule has 1 N–H and O–H groups in total. The summed E-state index contributed by atoms with van der Waals surface area (Å²) in [6.07, 6.45) is 5.15. The Morgan fingerprint density at radius 2 is 0.919 bits per heavy atom. The zero-order valence-corrected chi connectivity index (χ0v) is 64.1. The van der Waals surface area contributed by atoms with Gasteiger partial charge in [0.15, 0.2) is 0 Å². The minimum absolute atomic E-state index is 0. The van der Waals surface area contributed by atoms with Gasteiger partial charge in [0, 0.05) is 95.1 Å². The summed E-state index contributed by atoms with van der Waals surface area (Å²) in [6, 6.07) is 10.5. The Kier molecular flexibility index (Phi) is 37.3. The van der Waals surface area contributed by atoms with Crippen molar-refractivity contribution in [3.05, 3.63) is 82.6 Å². The Bertz CT molecular complexity index is 2940. The predicted molar refractivity (Wildman–Crippen MR) is 256 cm³/mol. The molecular formula is C42H58K5N3O18S6. The molecule has 0 saturated carbocycles. The third kappa shape index (κ3) is 27.4. The van der Waals surface area contributed by atoms with Gasteiger partial charge in [-0.2, -0.15) is 8.42 Å². The van der Waals surface area contributed by atoms with Crippen LogP contribution in [0.5, 0.6) is 0 Å². The molecule has 4 rings (SSSR count). The normalized spacial score (nSPS) is 15.8. The van der Waals surface area contributed by atoms with Crippen LogP contribution in [0.2, 0.25) is 0 Å². The van der Waals surface area contributed by atoms with Crippen molar-refractivity contribution in [1.29, 1.82) is 0 Å². The van der Waals surface area contributed by atoms with Crippen LogP contribution in [0.1, 0.15) is 89.3 Å². The van der Waals surface area contributed by atoms with Crippen LogP contribution in [0, 0.1) is 0 Å². The van der Waals surface area contributed by atoms with Crippen molar-refractivity contribution in [1.82, 2.24) is 0 Å². The number of benzene rings is 2. The average molecular weight is 1280 g/mol. The van der Waals surface area contributed by atoms with Gasteiger partial charge in [-0.15, -0.1) is 0 Å². The molecule has 1 heterocycles. The van der Waals surface area contributed by atoms with Gasteiger partial charge in [0.1, 0.15) is 0 Å². The molecule has 0 atom stereocenters. The Hall–Kier alpha value is 4.70. The summed E-state index contributed by atoms with van der Waals surface area (Å²) in [6.45, 7) is 7.77. The SMILES string of the molecule is CC1(C)C(C=C/C=C2/N(CCCS(=O)(=O)[O-])c3ccc(N(CCCS(=O)(=O)[O-])CCCS(=O)(=O)[O-])cc3C2(C)C)=C(CCCS(=O)(=O)O)c2ccc(N(CCCS(=O)(=O)[O-])CCCS(=O)(=O)[O-])cc21.[K+].[K+].[K+].[K+].[K+]. The molecule has 0 bridgehead atoms. The minimum atomic E-state index is -4.60. The van der Waals surface area contributed by atoms with E-state index in [9.17, 15) is 77.8 Å². The van der Waals surface area contributed by atoms with Crippen LogP contribution in [-0.4, -0.2) is 145 Å². The summed E-state index contributed by atoms with van der Waals surface area (Å²) in [5, 5.41) is 0. The smallest absolute Gasteiger partial charge is 0.748 e. The van der Waals surface area contributed by atoms with Gasteiger partial charge in [0.2, 0.25) is 0 Å². The second-order valence-corrected chi connectivity index (χ2v) is 27.3. The van der Waals surface area contributed by atoms with Gasteiger partial charge < -0.3 is 37.5 Å². The number of nitrogens with zero attached hydrogens (tertiary/aromatic N) is 3. The summed E-state index contributed by atoms with van der Waals surface area (Å²) < 4.78 is 205. The van der Waals surface area contributed by atoms with Gasteiger partial charge in [-0.3, -0.25) is 4.55 Å². The van der Waals surface area contributed by atoms with E-state index in [2.05, 4.69) is 0 Å². The van der Waals surface area contributed by atoms with Crippen molar-refractivity contribution in [2.75, 3.05) is 81.9 Å². The first-order valence-electron chi connectivity index (χ1n) is 21.8. The van der Waals surface area contributed by atoms with Gasteiger partial charge in [-0.1, -0.05) is 45.9 Å². The Morgan fingerprint density at radius 3 is 1.32 bits per heavy atom. The van der Waals surface area contributed by atoms with E-state index < -0.39 is 106 Å². The van der Waals surface area contributed by atoms with Crippen molar-refractivity contribution in [3.63, 3.8) is 0 Å². The molecule has 0 unspecified atom stereocenters. The predicted octanol–water partition coefficient (Wildman–Crippen LogP) is -12.1. The maximum atomic E-state index is 11.8. The van der Waals surface area contributed by atoms with E-state index in [-0.39, 0.29) is 335 Å². The summed E-state index contributed by atoms with van der Waals surface area (Å²) >= 11 is 0. The number of rotatable bonds is 28. The van der Waals surface area contributed by atoms with Crippen LogP contribution in [-0.2, 0) is 71.5 Å². The van der Waals surface area contributed by atoms with Crippen LogP contribution in [0.3, 0.4) is 0 Å². The second kappa shape index (κ2) is 34.1. The standard InChI is InChI=1S/C42H63N3O18S6.5K/c1-41(2)36(34(12-6-24-64(46,47)48)35-17-15-32(30-37(35)41)43(19-7-25-65(49,50)51)20-8-26-66(52,53)54)13-5-14-40-42(3,4)38-31-33(16-18-39(38)45(40)23-11-29-69(61,62)63)44(21-9-27-67(55,56)57)22-10-28-68(58,59)60;;;;;/h5,13-18,30-31H,6-12,19-29H2,1-4H3,(H,46,47,48)(H,49,50,51)(H,52,53,54)(H,55,56,57)(H,58,59,60)(H,61,62,63);;;;;/q;5*+1/p-5/b13-5?,40-14+;;;;;. The van der Waals surface area contributed by atoms with Crippen molar-refractivity contribution < 1.29 is 335 Å². The van der Waals surface area contributed by atoms with Gasteiger partial charge in [0.05, 0.1) is 56.3 Å². The minimum Gasteiger partial charge on any atom is -0.748 e. The average Bonchev–Trinajstić information content (AvgIpc) is 3.51. The Labute approximate surface area is 651 Å². The Morgan fingerprint density at radius 1 is 0.527 bits per heavy atom. The first kappa shape index (κ1) is 80.8. The molecule has 0 amide bonds. The van der Waals surface area contributed by atoms with E-state index in [1.54, 1.807) is 52.3 Å². The fourth-order valence-corrected chi connectivity index (χ4v) is 11.8. The fraction of sp³-hybridized carbons (Fsp3) is 0.571. The van der Waals surface area contributed by atoms with E-state index in [0.29, 0.717) is 28.3 Å². The number of hydrogen-bond acceptors (Lipinski definition) is 20. The van der Waals surface area contributed by atoms with E-state index in [1.165, 1.54) is 0 Å². The molecule has 1 aliphatic heterocycles. The molecule has 2 aromatic rings. The van der Waals surface area contributed by atoms with Crippen LogP contribution < -0.4 is 272 Å². The second-order valence-electron chi connectivity index (χ2n) is 18.1. The van der Waals surface area contributed by atoms with E-state index in [1.807, 2.05) is 44.7 Å². The van der Waals surface area contributed by atoms with Crippen molar-refractivity contribution in [3.8, 4) is 0 Å². The largest absolute Gasteiger partial charge is 1.00 e. The Balaban J connectivity index is 0. The molecular weight excluding hydrogens is 1220 g/mol. The van der Waals surface area contributed by atoms with Crippen molar-refractivity contribution in [2.45, 2.75) is 83.5 Å². The third-order valence-corrected chi connectivity index (χ3v) is 16.8. The monoisotopic (exact) mass is 1280 g/mol. The fourth-order valence-electron chi connectivity index (χ4n) is 8.89. The molecule has 390 valence electrons. The molecule has 2 aliphatic rings. The molecule has 0 saturated heterocycles. The quantitative estimate of drug-likeness (QED) is 0.0611. The van der Waals surface area contributed by atoms with E-state index in [0.717, 1.165) is 22.3 Å². The number of hydrogen-bond donors (Lipinski definition) is 1. The molecule has 0 aromatic heterocycles. The van der Waals surface area contributed by atoms with Gasteiger partial charge in [-0.05, 0) is 109 Å². The summed E-state index contributed by atoms with van der Waals surface area (Å²) in [5.41, 5.74) is 4.30. The van der Waals surface area contributed by atoms with Gasteiger partial charge in [0.25, 0.3) is 10.1 Å². The van der Waals surface area contributed by atoms with Crippen LogP contribution >= 0.6 is 0 Å². The summed E-state index contributed by atoms with van der Waals surface area (Å²) in [5.74, 6) is -3.96. The molecule has 0 fully saturated rings. The van der Waals surface area contributed by atoms with Gasteiger partial charge in [-0.25, -0.2) is 42.1 Å². The molecule has 1 aliphatic carbocycles. The van der Waals surface area contributed by atoms with Crippen molar-refractivity contribution in [2.24, 2.45) is 0 Å². The van der Waals surface area contributed by atoms with E-state index in [4.69, 9.17) is 0 Å². The van der Waals surface area contributed by atoms with E-state index >= 15 is 0 Å². The summed E-state index contributed by atoms with van der Waals surface area (Å²) in [4.78, 5) is 5.19. The first-order chi connectivity index (χ1) is 31.5. The maximum Gasteiger partial charge on any atom is 1.00 e. The molecule has 21 nitrogen and oxygen atoms in total. The number of anilines is 3. The van der Waals surface area contributed by atoms with Crippen LogP contribution in [0.25, 0.3) is 5.57 Å². The zero-order valence-electron chi connectivity index (χ0n) is 43.6. The van der Waals surface area contributed by atoms with Crippen LogP contribution in [0.4, 0.5) is 17.1 Å². The van der Waals surface area contributed by atoms with Gasteiger partial charge >= 0.3 is 257 Å². The molecule has 74 heavy (non-hydrogen) atoms. The number of fused-ring (bicyclic) bond motifs is 2. The van der Waals surface area contributed by atoms with Crippen molar-refractivity contribution >= 4 is 83.3 Å². The summed E-state index contributed by atoms with van der Waals surface area (Å²) in [7, 11) is -27.3. The first-order valence-corrected chi connectivity index (χ1v) is 31.3. The number of allylic oxidation sites excluding steroid dienone is 6. The molecule has 32 heteroatoms. The molecule has 0 spiro atoms. The topological polar surface area (TPSA) is 350 Å². The maximum absolute atomic E-state index is 11.8. The molecule has 0 radical (unpaired) electrons. The zero-order chi connectivity index (χ0) is 52.0. The van der Waals surface area contributed by atoms with Crippen LogP contribution in [0.15, 0.2) is 65.9 Å². The molecule has 2 aromatic carbocycles. The third-order valence-electron chi connectivity index (χ3n) is 12.0.